The summed E-state index contributed by atoms with van der Waals surface area (Å²) in [6, 6.07) is 5.34. The van der Waals surface area contributed by atoms with E-state index in [1.54, 1.807) is 6.07 Å². The van der Waals surface area contributed by atoms with Gasteiger partial charge in [-0.3, -0.25) is 0 Å². The van der Waals surface area contributed by atoms with Crippen molar-refractivity contribution in [2.24, 2.45) is 0 Å². The Kier molecular flexibility index (Phi) is 4.45. The molecule has 0 atom stereocenters. The highest BCUT2D eigenvalue weighted by molar-refractivity contribution is 5.82. The molecule has 1 heteroatoms. The van der Waals surface area contributed by atoms with E-state index in [1.807, 2.05) is 39.0 Å². The van der Waals surface area contributed by atoms with Crippen LogP contribution in [-0.4, -0.2) is 0 Å². The monoisotopic (exact) mass is 230 g/mol. The Labute approximate surface area is 103 Å². The zero-order valence-electron chi connectivity index (χ0n) is 10.8. The molecule has 0 bridgehead atoms. The van der Waals surface area contributed by atoms with Gasteiger partial charge in [-0.05, 0) is 48.6 Å². The number of allylic oxidation sites excluding steroid dienone is 4. The van der Waals surface area contributed by atoms with Gasteiger partial charge in [0.1, 0.15) is 5.82 Å². The lowest BCUT2D eigenvalue weighted by Crippen LogP contribution is -1.94. The minimum atomic E-state index is -0.154. The largest absolute Gasteiger partial charge is 0.207 e. The first kappa shape index (κ1) is 13.4. The summed E-state index contributed by atoms with van der Waals surface area (Å²) in [5.41, 5.74) is 4.30. The van der Waals surface area contributed by atoms with E-state index in [1.165, 1.54) is 0 Å². The number of halogens is 1. The van der Waals surface area contributed by atoms with Gasteiger partial charge >= 0.3 is 0 Å². The number of hydrogen-bond acceptors (Lipinski definition) is 0. The van der Waals surface area contributed by atoms with E-state index in [2.05, 4.69) is 13.2 Å². The van der Waals surface area contributed by atoms with Crippen LogP contribution in [0.5, 0.6) is 0 Å². The summed E-state index contributed by atoms with van der Waals surface area (Å²) in [5, 5.41) is 0. The van der Waals surface area contributed by atoms with Crippen LogP contribution in [0.15, 0.2) is 48.6 Å². The van der Waals surface area contributed by atoms with Gasteiger partial charge in [0.15, 0.2) is 0 Å². The third kappa shape index (κ3) is 2.94. The van der Waals surface area contributed by atoms with Gasteiger partial charge in [0.05, 0.1) is 0 Å². The van der Waals surface area contributed by atoms with Crippen LogP contribution in [0.4, 0.5) is 4.39 Å². The van der Waals surface area contributed by atoms with Gasteiger partial charge in [-0.25, -0.2) is 4.39 Å². The Morgan fingerprint density at radius 2 is 2.00 bits per heavy atom. The van der Waals surface area contributed by atoms with E-state index >= 15 is 0 Å². The molecule has 0 fully saturated rings. The Balaban J connectivity index is 3.19. The van der Waals surface area contributed by atoms with Crippen molar-refractivity contribution in [2.75, 3.05) is 0 Å². The minimum absolute atomic E-state index is 0.154. The molecule has 0 saturated heterocycles. The number of rotatable bonds is 4. The van der Waals surface area contributed by atoms with Crippen molar-refractivity contribution in [3.63, 3.8) is 0 Å². The molecule has 1 rings (SSSR count). The van der Waals surface area contributed by atoms with Gasteiger partial charge in [-0.2, -0.15) is 0 Å². The fourth-order valence-electron chi connectivity index (χ4n) is 1.75. The summed E-state index contributed by atoms with van der Waals surface area (Å²) < 4.78 is 13.7. The molecule has 0 amide bonds. The zero-order chi connectivity index (χ0) is 13.0. The second-order valence-electron chi connectivity index (χ2n) is 4.12. The first-order chi connectivity index (χ1) is 8.01. The summed E-state index contributed by atoms with van der Waals surface area (Å²) in [5.74, 6) is -0.154. The molecule has 0 N–H and O–H groups in total. The van der Waals surface area contributed by atoms with E-state index in [4.69, 9.17) is 0 Å². The Morgan fingerprint density at radius 1 is 1.35 bits per heavy atom. The van der Waals surface area contributed by atoms with E-state index < -0.39 is 0 Å². The fourth-order valence-corrected chi connectivity index (χ4v) is 1.75. The van der Waals surface area contributed by atoms with Crippen molar-refractivity contribution < 1.29 is 4.39 Å². The van der Waals surface area contributed by atoms with Gasteiger partial charge in [0.2, 0.25) is 0 Å². The van der Waals surface area contributed by atoms with Crippen LogP contribution >= 0.6 is 0 Å². The number of aryl methyl sites for hydroxylation is 1. The van der Waals surface area contributed by atoms with Gasteiger partial charge in [0.25, 0.3) is 0 Å². The lowest BCUT2D eigenvalue weighted by molar-refractivity contribution is 0.612. The molecule has 0 saturated carbocycles. The van der Waals surface area contributed by atoms with Crippen LogP contribution in [0.3, 0.4) is 0 Å². The molecule has 0 unspecified atom stereocenters. The molecular weight excluding hydrogens is 211 g/mol. The second-order valence-corrected chi connectivity index (χ2v) is 4.12. The van der Waals surface area contributed by atoms with Crippen LogP contribution in [0.1, 0.15) is 31.9 Å². The molecule has 1 aromatic rings. The maximum absolute atomic E-state index is 13.7. The average molecular weight is 230 g/mol. The fraction of sp³-hybridized carbons (Fsp3) is 0.250. The Bertz CT molecular complexity index is 478. The molecule has 17 heavy (non-hydrogen) atoms. The quantitative estimate of drug-likeness (QED) is 0.644. The van der Waals surface area contributed by atoms with Crippen molar-refractivity contribution >= 4 is 5.57 Å². The minimum Gasteiger partial charge on any atom is -0.207 e. The third-order valence-corrected chi connectivity index (χ3v) is 2.87. The molecule has 1 aromatic carbocycles. The van der Waals surface area contributed by atoms with Crippen molar-refractivity contribution in [3.8, 4) is 0 Å². The zero-order valence-corrected chi connectivity index (χ0v) is 10.8. The van der Waals surface area contributed by atoms with Crippen molar-refractivity contribution in [2.45, 2.75) is 27.2 Å². The highest BCUT2D eigenvalue weighted by atomic mass is 19.1. The van der Waals surface area contributed by atoms with E-state index in [0.29, 0.717) is 6.42 Å². The molecule has 0 aromatic heterocycles. The maximum atomic E-state index is 13.7. The average Bonchev–Trinajstić information content (AvgIpc) is 2.30. The topological polar surface area (TPSA) is 0 Å². The molecule has 0 nitrogen and oxygen atoms in total. The molecule has 0 spiro atoms. The molecule has 0 heterocycles. The number of hydrogen-bond donors (Lipinski definition) is 0. The lowest BCUT2D eigenvalue weighted by Gasteiger charge is -2.12. The maximum Gasteiger partial charge on any atom is 0.127 e. The molecular formula is C16H19F. The molecule has 0 aliphatic heterocycles. The van der Waals surface area contributed by atoms with Crippen LogP contribution in [-0.2, 0) is 6.42 Å². The van der Waals surface area contributed by atoms with E-state index in [9.17, 15) is 4.39 Å². The van der Waals surface area contributed by atoms with Gasteiger partial charge < -0.3 is 0 Å². The van der Waals surface area contributed by atoms with Crippen LogP contribution < -0.4 is 0 Å². The van der Waals surface area contributed by atoms with Gasteiger partial charge in [-0.1, -0.05) is 43.9 Å². The summed E-state index contributed by atoms with van der Waals surface area (Å²) in [4.78, 5) is 0. The van der Waals surface area contributed by atoms with Crippen LogP contribution in [0, 0.1) is 5.82 Å². The van der Waals surface area contributed by atoms with Crippen molar-refractivity contribution in [1.29, 1.82) is 0 Å². The smallest absolute Gasteiger partial charge is 0.127 e. The predicted octanol–water partition coefficient (Wildman–Crippen LogP) is 4.92. The molecule has 0 aliphatic rings. The van der Waals surface area contributed by atoms with Gasteiger partial charge in [-0.15, -0.1) is 0 Å². The molecule has 0 radical (unpaired) electrons. The van der Waals surface area contributed by atoms with Crippen LogP contribution in [0.25, 0.3) is 5.57 Å². The molecule has 0 aliphatic carbocycles. The highest BCUT2D eigenvalue weighted by Crippen LogP contribution is 2.27. The lowest BCUT2D eigenvalue weighted by atomic mass is 9.94. The van der Waals surface area contributed by atoms with E-state index in [0.717, 1.165) is 27.8 Å². The normalized spacial score (nSPS) is 11.4. The van der Waals surface area contributed by atoms with Crippen molar-refractivity contribution in [1.82, 2.24) is 0 Å². The highest BCUT2D eigenvalue weighted by Gasteiger charge is 2.08. The van der Waals surface area contributed by atoms with Crippen molar-refractivity contribution in [3.05, 3.63) is 65.5 Å². The molecule has 90 valence electrons. The van der Waals surface area contributed by atoms with Crippen LogP contribution in [0.2, 0.25) is 0 Å². The first-order valence-corrected chi connectivity index (χ1v) is 5.81. The summed E-state index contributed by atoms with van der Waals surface area (Å²) in [6.45, 7) is 13.6. The summed E-state index contributed by atoms with van der Waals surface area (Å²) >= 11 is 0. The predicted molar refractivity (Wildman–Crippen MR) is 73.4 cm³/mol. The SMILES string of the molecule is C=C(C)C(=C)/C(=C\C)c1ccc(CC)c(F)c1. The standard InChI is InChI=1S/C16H19F/c1-6-13-8-9-14(10-16(13)17)15(7-2)12(5)11(3)4/h7-10H,3,5-6H2,1-2,4H3/b15-7+. The summed E-state index contributed by atoms with van der Waals surface area (Å²) in [6.07, 6.45) is 2.65. The summed E-state index contributed by atoms with van der Waals surface area (Å²) in [7, 11) is 0. The Hall–Kier alpha value is -1.63. The Morgan fingerprint density at radius 3 is 2.41 bits per heavy atom. The van der Waals surface area contributed by atoms with Gasteiger partial charge in [0, 0.05) is 0 Å². The first-order valence-electron chi connectivity index (χ1n) is 5.81. The third-order valence-electron chi connectivity index (χ3n) is 2.87. The number of benzene rings is 1. The van der Waals surface area contributed by atoms with E-state index in [-0.39, 0.29) is 5.82 Å². The second kappa shape index (κ2) is 5.62.